The van der Waals surface area contributed by atoms with E-state index in [2.05, 4.69) is 0 Å². The van der Waals surface area contributed by atoms with E-state index in [-0.39, 0.29) is 24.2 Å². The van der Waals surface area contributed by atoms with Crippen molar-refractivity contribution in [2.24, 2.45) is 0 Å². The summed E-state index contributed by atoms with van der Waals surface area (Å²) in [6.07, 6.45) is 4.81. The summed E-state index contributed by atoms with van der Waals surface area (Å²) in [6, 6.07) is 11.5. The van der Waals surface area contributed by atoms with E-state index in [0.717, 1.165) is 32.1 Å². The molecule has 2 aromatic rings. The molecule has 5 rings (SSSR count). The van der Waals surface area contributed by atoms with Crippen molar-refractivity contribution >= 4 is 17.4 Å². The molecule has 0 bridgehead atoms. The molecule has 1 aliphatic carbocycles. The van der Waals surface area contributed by atoms with Crippen LogP contribution < -0.4 is 14.2 Å². The fourth-order valence-electron chi connectivity index (χ4n) is 4.98. The number of carbonyl (C=O) groups is 2. The third kappa shape index (κ3) is 3.28. The Morgan fingerprint density at radius 3 is 2.56 bits per heavy atom. The molecule has 0 aromatic heterocycles. The van der Waals surface area contributed by atoms with Gasteiger partial charge in [0.05, 0.1) is 18.7 Å². The molecule has 2 aromatic carbocycles. The summed E-state index contributed by atoms with van der Waals surface area (Å²) in [7, 11) is 1.56. The minimum Gasteiger partial charge on any atom is -0.507 e. The molecule has 1 unspecified atom stereocenters. The maximum atomic E-state index is 13.3. The lowest BCUT2D eigenvalue weighted by Gasteiger charge is -2.35. The van der Waals surface area contributed by atoms with Crippen LogP contribution in [0.1, 0.15) is 49.3 Å². The molecule has 1 atom stereocenters. The van der Waals surface area contributed by atoms with Gasteiger partial charge in [-0.2, -0.15) is 0 Å². The number of rotatable bonds is 4. The smallest absolute Gasteiger partial charge is 0.295 e. The van der Waals surface area contributed by atoms with Gasteiger partial charge in [0.15, 0.2) is 11.5 Å². The van der Waals surface area contributed by atoms with Gasteiger partial charge in [0.25, 0.3) is 11.7 Å². The number of ketones is 1. The molecular weight excluding hydrogens is 410 g/mol. The van der Waals surface area contributed by atoms with E-state index >= 15 is 0 Å². The summed E-state index contributed by atoms with van der Waals surface area (Å²) in [5.41, 5.74) is 1.15. The molecule has 32 heavy (non-hydrogen) atoms. The van der Waals surface area contributed by atoms with Crippen LogP contribution >= 0.6 is 0 Å². The van der Waals surface area contributed by atoms with Crippen molar-refractivity contribution in [3.05, 3.63) is 59.2 Å². The second kappa shape index (κ2) is 8.22. The largest absolute Gasteiger partial charge is 0.507 e. The number of para-hydroxylation sites is 1. The first-order chi connectivity index (χ1) is 15.6. The van der Waals surface area contributed by atoms with Gasteiger partial charge in [-0.1, -0.05) is 37.5 Å². The van der Waals surface area contributed by atoms with E-state index in [1.54, 1.807) is 36.3 Å². The van der Waals surface area contributed by atoms with Crippen LogP contribution in [-0.2, 0) is 9.59 Å². The normalized spacial score (nSPS) is 22.4. The molecule has 2 aliphatic heterocycles. The highest BCUT2D eigenvalue weighted by atomic mass is 16.7. The van der Waals surface area contributed by atoms with Gasteiger partial charge in [-0.3, -0.25) is 9.59 Å². The summed E-state index contributed by atoms with van der Waals surface area (Å²) in [4.78, 5) is 28.2. The molecule has 1 amide bonds. The number of hydrogen-bond donors (Lipinski definition) is 1. The number of benzene rings is 2. The van der Waals surface area contributed by atoms with Gasteiger partial charge in [-0.15, -0.1) is 0 Å². The van der Waals surface area contributed by atoms with E-state index < -0.39 is 17.7 Å². The standard InChI is InChI=1S/C25H25NO6/c1-30-18-10-6-5-9-17(18)22-21(23(27)15-11-12-19-20(13-15)32-14-31-19)24(28)25(29)26(22)16-7-3-2-4-8-16/h5-6,9-13,16,22,27H,2-4,7-8,14H2,1H3/b23-21+. The van der Waals surface area contributed by atoms with Gasteiger partial charge < -0.3 is 24.2 Å². The number of methoxy groups -OCH3 is 1. The Morgan fingerprint density at radius 1 is 1.03 bits per heavy atom. The lowest BCUT2D eigenvalue weighted by molar-refractivity contribution is -0.141. The van der Waals surface area contributed by atoms with Gasteiger partial charge in [0.1, 0.15) is 11.5 Å². The SMILES string of the molecule is COc1ccccc1C1/C(=C(\O)c2ccc3c(c2)OCO3)C(=O)C(=O)N1C1CCCCC1. The van der Waals surface area contributed by atoms with E-state index in [4.69, 9.17) is 14.2 Å². The number of aliphatic hydroxyl groups excluding tert-OH is 1. The van der Waals surface area contributed by atoms with Crippen LogP contribution in [0.3, 0.4) is 0 Å². The first-order valence-corrected chi connectivity index (χ1v) is 10.9. The maximum Gasteiger partial charge on any atom is 0.295 e. The predicted octanol–water partition coefficient (Wildman–Crippen LogP) is 4.18. The molecule has 2 fully saturated rings. The minimum absolute atomic E-state index is 0.0582. The fraction of sp³-hybridized carbons (Fsp3) is 0.360. The number of ether oxygens (including phenoxy) is 3. The summed E-state index contributed by atoms with van der Waals surface area (Å²) >= 11 is 0. The zero-order valence-electron chi connectivity index (χ0n) is 17.9. The number of likely N-dealkylation sites (tertiary alicyclic amines) is 1. The Hall–Kier alpha value is -3.48. The second-order valence-corrected chi connectivity index (χ2v) is 8.31. The van der Waals surface area contributed by atoms with Crippen LogP contribution in [0.25, 0.3) is 5.76 Å². The second-order valence-electron chi connectivity index (χ2n) is 8.31. The van der Waals surface area contributed by atoms with Crippen molar-refractivity contribution in [2.45, 2.75) is 44.2 Å². The number of fused-ring (bicyclic) bond motifs is 1. The van der Waals surface area contributed by atoms with Crippen molar-refractivity contribution in [3.63, 3.8) is 0 Å². The molecule has 1 N–H and O–H groups in total. The fourth-order valence-corrected chi connectivity index (χ4v) is 4.98. The highest BCUT2D eigenvalue weighted by molar-refractivity contribution is 6.46. The van der Waals surface area contributed by atoms with Crippen LogP contribution in [0.2, 0.25) is 0 Å². The summed E-state index contributed by atoms with van der Waals surface area (Å²) in [5, 5.41) is 11.3. The quantitative estimate of drug-likeness (QED) is 0.441. The van der Waals surface area contributed by atoms with Crippen molar-refractivity contribution in [1.29, 1.82) is 0 Å². The topological polar surface area (TPSA) is 85.3 Å². The number of carbonyl (C=O) groups excluding carboxylic acids is 2. The average Bonchev–Trinajstić information content (AvgIpc) is 3.41. The Morgan fingerprint density at radius 2 is 1.78 bits per heavy atom. The third-order valence-corrected chi connectivity index (χ3v) is 6.53. The van der Waals surface area contributed by atoms with Gasteiger partial charge in [0, 0.05) is 17.2 Å². The lowest BCUT2D eigenvalue weighted by Crippen LogP contribution is -2.40. The Bertz CT molecular complexity index is 1100. The van der Waals surface area contributed by atoms with Crippen LogP contribution in [0.15, 0.2) is 48.0 Å². The van der Waals surface area contributed by atoms with E-state index in [1.807, 2.05) is 18.2 Å². The van der Waals surface area contributed by atoms with Crippen molar-refractivity contribution < 1.29 is 28.9 Å². The highest BCUT2D eigenvalue weighted by Gasteiger charge is 2.49. The molecule has 0 spiro atoms. The molecule has 1 saturated carbocycles. The maximum absolute atomic E-state index is 13.3. The van der Waals surface area contributed by atoms with Gasteiger partial charge in [-0.25, -0.2) is 0 Å². The molecule has 1 saturated heterocycles. The van der Waals surface area contributed by atoms with Gasteiger partial charge in [0.2, 0.25) is 6.79 Å². The average molecular weight is 435 g/mol. The van der Waals surface area contributed by atoms with Crippen molar-refractivity contribution in [2.75, 3.05) is 13.9 Å². The molecule has 2 heterocycles. The predicted molar refractivity (Wildman–Crippen MR) is 117 cm³/mol. The van der Waals surface area contributed by atoms with E-state index in [1.165, 1.54) is 0 Å². The Kier molecular flexibility index (Phi) is 5.25. The molecular formula is C25H25NO6. The summed E-state index contributed by atoms with van der Waals surface area (Å²) in [5.74, 6) is 0.152. The van der Waals surface area contributed by atoms with Crippen LogP contribution in [0.5, 0.6) is 17.2 Å². The highest BCUT2D eigenvalue weighted by Crippen LogP contribution is 2.46. The number of amides is 1. The Balaban J connectivity index is 1.68. The van der Waals surface area contributed by atoms with Crippen LogP contribution in [-0.4, -0.2) is 41.6 Å². The Labute approximate surface area is 186 Å². The summed E-state index contributed by atoms with van der Waals surface area (Å²) in [6.45, 7) is 0.104. The lowest BCUT2D eigenvalue weighted by atomic mass is 9.90. The van der Waals surface area contributed by atoms with E-state index in [0.29, 0.717) is 28.4 Å². The first-order valence-electron chi connectivity index (χ1n) is 10.9. The van der Waals surface area contributed by atoms with Crippen LogP contribution in [0.4, 0.5) is 0 Å². The third-order valence-electron chi connectivity index (χ3n) is 6.53. The van der Waals surface area contributed by atoms with Crippen molar-refractivity contribution in [3.8, 4) is 17.2 Å². The number of aliphatic hydroxyl groups is 1. The molecule has 7 heteroatoms. The molecule has 3 aliphatic rings. The number of hydrogen-bond acceptors (Lipinski definition) is 6. The molecule has 0 radical (unpaired) electrons. The van der Waals surface area contributed by atoms with Crippen LogP contribution in [0, 0.1) is 0 Å². The van der Waals surface area contributed by atoms with Gasteiger partial charge in [-0.05, 0) is 37.1 Å². The molecule has 166 valence electrons. The monoisotopic (exact) mass is 435 g/mol. The van der Waals surface area contributed by atoms with Gasteiger partial charge >= 0.3 is 0 Å². The number of nitrogens with zero attached hydrogens (tertiary/aromatic N) is 1. The molecule has 7 nitrogen and oxygen atoms in total. The first kappa shape index (κ1) is 20.4. The zero-order chi connectivity index (χ0) is 22.2. The zero-order valence-corrected chi connectivity index (χ0v) is 17.9. The van der Waals surface area contributed by atoms with Crippen molar-refractivity contribution in [1.82, 2.24) is 4.90 Å². The summed E-state index contributed by atoms with van der Waals surface area (Å²) < 4.78 is 16.3. The minimum atomic E-state index is -0.723. The van der Waals surface area contributed by atoms with E-state index in [9.17, 15) is 14.7 Å². The number of Topliss-reactive ketones (excluding diaryl/α,β-unsaturated/α-hetero) is 1.